The Kier molecular flexibility index (Phi) is 2.75. The molecule has 0 aliphatic carbocycles. The molecule has 0 bridgehead atoms. The van der Waals surface area contributed by atoms with Crippen LogP contribution in [0, 0.1) is 0 Å². The summed E-state index contributed by atoms with van der Waals surface area (Å²) in [6.45, 7) is 4.29. The minimum absolute atomic E-state index is 0.395. The molecule has 2 heterocycles. The predicted molar refractivity (Wildman–Crippen MR) is 56.6 cm³/mol. The van der Waals surface area contributed by atoms with E-state index in [4.69, 9.17) is 0 Å². The standard InChI is InChI=1S/C9H14N6/c1-3-4-7(2)11-8-5-10-6-9-12-13-14-15(8)9/h5-7,11H,3-4H2,1-2H3. The highest BCUT2D eigenvalue weighted by Crippen LogP contribution is 2.09. The number of hydrogen-bond acceptors (Lipinski definition) is 5. The highest BCUT2D eigenvalue weighted by atomic mass is 15.5. The van der Waals surface area contributed by atoms with Gasteiger partial charge in [0.25, 0.3) is 0 Å². The van der Waals surface area contributed by atoms with Crippen LogP contribution in [0.4, 0.5) is 5.82 Å². The first-order valence-electron chi connectivity index (χ1n) is 5.10. The molecule has 2 rings (SSSR count). The summed E-state index contributed by atoms with van der Waals surface area (Å²) in [5, 5.41) is 14.6. The summed E-state index contributed by atoms with van der Waals surface area (Å²) in [5.74, 6) is 0.832. The van der Waals surface area contributed by atoms with E-state index < -0.39 is 0 Å². The van der Waals surface area contributed by atoms with Gasteiger partial charge in [-0.05, 0) is 23.8 Å². The van der Waals surface area contributed by atoms with E-state index >= 15 is 0 Å². The Labute approximate surface area is 87.7 Å². The highest BCUT2D eigenvalue weighted by Gasteiger charge is 2.06. The predicted octanol–water partition coefficient (Wildman–Crippen LogP) is 1.12. The number of tetrazole rings is 1. The van der Waals surface area contributed by atoms with Crippen molar-refractivity contribution in [3.8, 4) is 0 Å². The van der Waals surface area contributed by atoms with E-state index in [2.05, 4.69) is 39.7 Å². The van der Waals surface area contributed by atoms with Gasteiger partial charge in [0.2, 0.25) is 0 Å². The molecule has 0 spiro atoms. The third kappa shape index (κ3) is 2.03. The second kappa shape index (κ2) is 4.20. The van der Waals surface area contributed by atoms with Gasteiger partial charge in [-0.15, -0.1) is 5.10 Å². The molecular formula is C9H14N6. The van der Waals surface area contributed by atoms with Gasteiger partial charge in [0.05, 0.1) is 12.4 Å². The third-order valence-corrected chi connectivity index (χ3v) is 2.22. The van der Waals surface area contributed by atoms with E-state index in [9.17, 15) is 0 Å². The average Bonchev–Trinajstić information content (AvgIpc) is 2.67. The molecule has 1 N–H and O–H groups in total. The molecule has 0 saturated heterocycles. The zero-order valence-corrected chi connectivity index (χ0v) is 8.88. The van der Waals surface area contributed by atoms with Crippen molar-refractivity contribution < 1.29 is 0 Å². The van der Waals surface area contributed by atoms with Crippen LogP contribution in [0.3, 0.4) is 0 Å². The molecule has 2 aromatic heterocycles. The summed E-state index contributed by atoms with van der Waals surface area (Å²) in [5.41, 5.74) is 0.656. The van der Waals surface area contributed by atoms with Gasteiger partial charge in [0.15, 0.2) is 11.5 Å². The fourth-order valence-corrected chi connectivity index (χ4v) is 1.53. The number of nitrogens with one attached hydrogen (secondary N) is 1. The number of anilines is 1. The van der Waals surface area contributed by atoms with Crippen molar-refractivity contribution in [2.24, 2.45) is 0 Å². The van der Waals surface area contributed by atoms with E-state index in [0.717, 1.165) is 18.7 Å². The Hall–Kier alpha value is -1.72. The van der Waals surface area contributed by atoms with Crippen LogP contribution in [0.5, 0.6) is 0 Å². The number of rotatable bonds is 4. The molecule has 0 aliphatic rings. The second-order valence-corrected chi connectivity index (χ2v) is 3.58. The Morgan fingerprint density at radius 3 is 3.13 bits per heavy atom. The normalized spacial score (nSPS) is 12.9. The van der Waals surface area contributed by atoms with Crippen LogP contribution in [0.1, 0.15) is 26.7 Å². The minimum atomic E-state index is 0.395. The van der Waals surface area contributed by atoms with Crippen LogP contribution in [0.15, 0.2) is 12.4 Å². The van der Waals surface area contributed by atoms with E-state index in [1.165, 1.54) is 0 Å². The monoisotopic (exact) mass is 206 g/mol. The van der Waals surface area contributed by atoms with Crippen molar-refractivity contribution in [3.05, 3.63) is 12.4 Å². The van der Waals surface area contributed by atoms with Crippen LogP contribution in [0.25, 0.3) is 5.65 Å². The van der Waals surface area contributed by atoms with Gasteiger partial charge in [-0.1, -0.05) is 13.3 Å². The molecule has 0 amide bonds. The molecule has 0 aliphatic heterocycles. The zero-order valence-electron chi connectivity index (χ0n) is 8.88. The molecule has 80 valence electrons. The van der Waals surface area contributed by atoms with Crippen LogP contribution in [0.2, 0.25) is 0 Å². The second-order valence-electron chi connectivity index (χ2n) is 3.58. The summed E-state index contributed by atoms with van der Waals surface area (Å²) in [7, 11) is 0. The summed E-state index contributed by atoms with van der Waals surface area (Å²) >= 11 is 0. The van der Waals surface area contributed by atoms with Gasteiger partial charge < -0.3 is 5.32 Å². The van der Waals surface area contributed by atoms with Crippen molar-refractivity contribution in [1.82, 2.24) is 25.0 Å². The molecule has 2 aromatic rings. The first kappa shape index (κ1) is 9.82. The Bertz CT molecular complexity index is 437. The number of hydrogen-bond donors (Lipinski definition) is 1. The molecule has 0 saturated carbocycles. The molecule has 6 nitrogen and oxygen atoms in total. The minimum Gasteiger partial charge on any atom is -0.366 e. The lowest BCUT2D eigenvalue weighted by Gasteiger charge is -2.13. The Balaban J connectivity index is 2.23. The summed E-state index contributed by atoms with van der Waals surface area (Å²) in [6, 6.07) is 0.395. The van der Waals surface area contributed by atoms with Crippen molar-refractivity contribution in [1.29, 1.82) is 0 Å². The van der Waals surface area contributed by atoms with Gasteiger partial charge in [-0.3, -0.25) is 4.98 Å². The van der Waals surface area contributed by atoms with Crippen molar-refractivity contribution in [2.75, 3.05) is 5.32 Å². The first-order chi connectivity index (χ1) is 7.31. The molecule has 15 heavy (non-hydrogen) atoms. The SMILES string of the molecule is CCCC(C)Nc1cncc2nnnn12. The Morgan fingerprint density at radius 2 is 2.33 bits per heavy atom. The van der Waals surface area contributed by atoms with E-state index in [-0.39, 0.29) is 0 Å². The van der Waals surface area contributed by atoms with E-state index in [1.807, 2.05) is 0 Å². The lowest BCUT2D eigenvalue weighted by molar-refractivity contribution is 0.680. The van der Waals surface area contributed by atoms with Crippen molar-refractivity contribution in [2.45, 2.75) is 32.7 Å². The van der Waals surface area contributed by atoms with Gasteiger partial charge in [0.1, 0.15) is 0 Å². The quantitative estimate of drug-likeness (QED) is 0.811. The molecule has 0 fully saturated rings. The molecule has 1 unspecified atom stereocenters. The van der Waals surface area contributed by atoms with Gasteiger partial charge in [-0.2, -0.15) is 4.52 Å². The van der Waals surface area contributed by atoms with Crippen molar-refractivity contribution in [3.63, 3.8) is 0 Å². The van der Waals surface area contributed by atoms with Crippen LogP contribution < -0.4 is 5.32 Å². The molecule has 0 aromatic carbocycles. The zero-order chi connectivity index (χ0) is 10.7. The average molecular weight is 206 g/mol. The van der Waals surface area contributed by atoms with Crippen LogP contribution in [-0.2, 0) is 0 Å². The summed E-state index contributed by atoms with van der Waals surface area (Å²) < 4.78 is 1.65. The summed E-state index contributed by atoms with van der Waals surface area (Å²) in [4.78, 5) is 4.07. The summed E-state index contributed by atoms with van der Waals surface area (Å²) in [6.07, 6.45) is 5.62. The largest absolute Gasteiger partial charge is 0.366 e. The molecular weight excluding hydrogens is 192 g/mol. The lowest BCUT2D eigenvalue weighted by atomic mass is 10.2. The first-order valence-corrected chi connectivity index (χ1v) is 5.10. The van der Waals surface area contributed by atoms with Crippen LogP contribution in [-0.4, -0.2) is 31.1 Å². The highest BCUT2D eigenvalue weighted by molar-refractivity contribution is 5.44. The molecule has 0 radical (unpaired) electrons. The van der Waals surface area contributed by atoms with Gasteiger partial charge in [0, 0.05) is 6.04 Å². The maximum absolute atomic E-state index is 4.07. The fraction of sp³-hybridized carbons (Fsp3) is 0.556. The van der Waals surface area contributed by atoms with E-state index in [1.54, 1.807) is 16.9 Å². The van der Waals surface area contributed by atoms with E-state index in [0.29, 0.717) is 11.7 Å². The lowest BCUT2D eigenvalue weighted by Crippen LogP contribution is -2.17. The third-order valence-electron chi connectivity index (χ3n) is 2.22. The fourth-order valence-electron chi connectivity index (χ4n) is 1.53. The molecule has 1 atom stereocenters. The van der Waals surface area contributed by atoms with Crippen molar-refractivity contribution >= 4 is 11.5 Å². The number of aromatic nitrogens is 5. The maximum atomic E-state index is 4.07. The maximum Gasteiger partial charge on any atom is 0.199 e. The number of fused-ring (bicyclic) bond motifs is 1. The van der Waals surface area contributed by atoms with Gasteiger partial charge in [-0.25, -0.2) is 0 Å². The van der Waals surface area contributed by atoms with Gasteiger partial charge >= 0.3 is 0 Å². The topological polar surface area (TPSA) is 68.0 Å². The smallest absolute Gasteiger partial charge is 0.199 e. The Morgan fingerprint density at radius 1 is 1.47 bits per heavy atom. The van der Waals surface area contributed by atoms with Crippen LogP contribution >= 0.6 is 0 Å². The number of nitrogens with zero attached hydrogens (tertiary/aromatic N) is 5. The molecule has 6 heteroatoms.